The largest absolute Gasteiger partial charge is 0.392 e. The van der Waals surface area contributed by atoms with Crippen LogP contribution in [0.25, 0.3) is 0 Å². The van der Waals surface area contributed by atoms with Crippen LogP contribution in [0, 0.1) is 0 Å². The van der Waals surface area contributed by atoms with Crippen molar-refractivity contribution in [2.45, 2.75) is 18.9 Å². The average Bonchev–Trinajstić information content (AvgIpc) is 2.01. The summed E-state index contributed by atoms with van der Waals surface area (Å²) in [6.45, 7) is -0.0655. The molecule has 1 atom stereocenters. The Hall–Kier alpha value is -1.43. The van der Waals surface area contributed by atoms with Gasteiger partial charge in [0.1, 0.15) is 6.29 Å². The lowest BCUT2D eigenvalue weighted by atomic mass is 10.2. The fourth-order valence-corrected chi connectivity index (χ4v) is 0.494. The summed E-state index contributed by atoms with van der Waals surface area (Å²) in [6.07, 6.45) is -1.16. The zero-order valence-electron chi connectivity index (χ0n) is 6.13. The molecule has 0 aromatic heterocycles. The second-order valence-electron chi connectivity index (χ2n) is 1.91. The molecule has 6 nitrogen and oxygen atoms in total. The third-order valence-electron chi connectivity index (χ3n) is 0.951. The van der Waals surface area contributed by atoms with E-state index in [0.29, 0.717) is 6.29 Å². The van der Waals surface area contributed by atoms with E-state index in [9.17, 15) is 14.4 Å². The second kappa shape index (κ2) is 6.29. The third kappa shape index (κ3) is 5.36. The van der Waals surface area contributed by atoms with E-state index in [1.807, 2.05) is 0 Å². The Labute approximate surface area is 68.0 Å². The number of aldehydes is 1. The van der Waals surface area contributed by atoms with E-state index >= 15 is 0 Å². The van der Waals surface area contributed by atoms with E-state index in [2.05, 4.69) is 9.78 Å². The van der Waals surface area contributed by atoms with Crippen LogP contribution < -0.4 is 0 Å². The number of carbonyl (C=O) groups excluding carboxylic acids is 3. The molecule has 0 bridgehead atoms. The number of aliphatic hydroxyl groups excluding tert-OH is 1. The van der Waals surface area contributed by atoms with Gasteiger partial charge in [-0.2, -0.15) is 0 Å². The lowest BCUT2D eigenvalue weighted by Crippen LogP contribution is -2.16. The van der Waals surface area contributed by atoms with Crippen LogP contribution in [0.3, 0.4) is 0 Å². The molecular formula is C6H8O6. The van der Waals surface area contributed by atoms with Crippen molar-refractivity contribution in [2.75, 3.05) is 0 Å². The molecule has 0 rings (SSSR count). The third-order valence-corrected chi connectivity index (χ3v) is 0.951. The Bertz CT molecular complexity index is 165. The van der Waals surface area contributed by atoms with Crippen LogP contribution in [0.4, 0.5) is 0 Å². The van der Waals surface area contributed by atoms with E-state index in [0.717, 1.165) is 0 Å². The molecule has 0 amide bonds. The number of hydrogen-bond acceptors (Lipinski definition) is 6. The zero-order valence-corrected chi connectivity index (χ0v) is 6.13. The molecule has 0 aliphatic heterocycles. The highest BCUT2D eigenvalue weighted by molar-refractivity contribution is 5.70. The van der Waals surface area contributed by atoms with Gasteiger partial charge in [0.15, 0.2) is 0 Å². The molecule has 0 aliphatic carbocycles. The van der Waals surface area contributed by atoms with Gasteiger partial charge in [0, 0.05) is 6.42 Å². The monoisotopic (exact) mass is 176 g/mol. The second-order valence-corrected chi connectivity index (χ2v) is 1.91. The first-order valence-electron chi connectivity index (χ1n) is 3.12. The van der Waals surface area contributed by atoms with Crippen molar-refractivity contribution in [2.24, 2.45) is 0 Å². The summed E-state index contributed by atoms with van der Waals surface area (Å²) in [6, 6.07) is 0. The smallest absolute Gasteiger partial charge is 0.358 e. The average molecular weight is 176 g/mol. The van der Waals surface area contributed by atoms with Crippen molar-refractivity contribution in [3.05, 3.63) is 0 Å². The highest BCUT2D eigenvalue weighted by atomic mass is 17.2. The Morgan fingerprint density at radius 2 is 2.17 bits per heavy atom. The minimum atomic E-state index is -1.09. The lowest BCUT2D eigenvalue weighted by Gasteiger charge is -2.03. The van der Waals surface area contributed by atoms with Crippen LogP contribution in [0.2, 0.25) is 0 Å². The summed E-state index contributed by atoms with van der Waals surface area (Å²) in [4.78, 5) is 37.3. The molecule has 1 N–H and O–H groups in total. The molecule has 68 valence electrons. The zero-order chi connectivity index (χ0) is 9.40. The van der Waals surface area contributed by atoms with E-state index < -0.39 is 12.1 Å². The normalized spacial score (nSPS) is 11.4. The summed E-state index contributed by atoms with van der Waals surface area (Å²) < 4.78 is 0. The SMILES string of the molecule is O=CCC(O)CC(=O)OOC=O. The van der Waals surface area contributed by atoms with E-state index in [1.165, 1.54) is 0 Å². The fourth-order valence-electron chi connectivity index (χ4n) is 0.494. The molecule has 0 spiro atoms. The summed E-state index contributed by atoms with van der Waals surface area (Å²) in [5.74, 6) is -0.906. The van der Waals surface area contributed by atoms with Crippen molar-refractivity contribution in [3.63, 3.8) is 0 Å². The van der Waals surface area contributed by atoms with Gasteiger partial charge < -0.3 is 9.90 Å². The summed E-state index contributed by atoms with van der Waals surface area (Å²) in [7, 11) is 0. The maximum atomic E-state index is 10.5. The molecule has 0 radical (unpaired) electrons. The summed E-state index contributed by atoms with van der Waals surface area (Å²) in [5.41, 5.74) is 0. The molecule has 0 saturated heterocycles. The van der Waals surface area contributed by atoms with Crippen LogP contribution in [-0.2, 0) is 24.2 Å². The van der Waals surface area contributed by atoms with Crippen molar-refractivity contribution in [1.82, 2.24) is 0 Å². The van der Waals surface area contributed by atoms with Crippen molar-refractivity contribution in [1.29, 1.82) is 0 Å². The molecule has 1 unspecified atom stereocenters. The number of hydrogen-bond donors (Lipinski definition) is 1. The van der Waals surface area contributed by atoms with Gasteiger partial charge >= 0.3 is 12.4 Å². The lowest BCUT2D eigenvalue weighted by molar-refractivity contribution is -0.249. The molecule has 0 aromatic carbocycles. The fraction of sp³-hybridized carbons (Fsp3) is 0.500. The Morgan fingerprint density at radius 3 is 2.67 bits per heavy atom. The van der Waals surface area contributed by atoms with Gasteiger partial charge in [-0.1, -0.05) is 0 Å². The summed E-state index contributed by atoms with van der Waals surface area (Å²) in [5, 5.41) is 8.84. The highest BCUT2D eigenvalue weighted by Crippen LogP contribution is 1.97. The van der Waals surface area contributed by atoms with Gasteiger partial charge in [0.05, 0.1) is 12.5 Å². The van der Waals surface area contributed by atoms with Gasteiger partial charge in [0.2, 0.25) is 0 Å². The van der Waals surface area contributed by atoms with Gasteiger partial charge in [-0.05, 0) is 0 Å². The van der Waals surface area contributed by atoms with Crippen LogP contribution >= 0.6 is 0 Å². The molecule has 0 aliphatic rings. The highest BCUT2D eigenvalue weighted by Gasteiger charge is 2.12. The Kier molecular flexibility index (Phi) is 5.54. The maximum Gasteiger partial charge on any atom is 0.358 e. The van der Waals surface area contributed by atoms with Gasteiger partial charge in [-0.25, -0.2) is 9.68 Å². The van der Waals surface area contributed by atoms with Crippen molar-refractivity contribution in [3.8, 4) is 0 Å². The standard InChI is InChI=1S/C6H8O6/c7-2-1-5(9)3-6(10)12-11-4-8/h2,4-5,9H,1,3H2. The van der Waals surface area contributed by atoms with Gasteiger partial charge in [0.25, 0.3) is 0 Å². The van der Waals surface area contributed by atoms with E-state index in [4.69, 9.17) is 5.11 Å². The molecule has 0 saturated carbocycles. The first-order valence-corrected chi connectivity index (χ1v) is 3.12. The number of carbonyl (C=O) groups is 3. The molecule has 0 aromatic rings. The Morgan fingerprint density at radius 1 is 1.50 bits per heavy atom. The number of aliphatic hydroxyl groups is 1. The molecular weight excluding hydrogens is 168 g/mol. The van der Waals surface area contributed by atoms with Gasteiger partial charge in [-0.3, -0.25) is 9.68 Å². The topological polar surface area (TPSA) is 89.9 Å². The quantitative estimate of drug-likeness (QED) is 0.315. The molecule has 12 heavy (non-hydrogen) atoms. The van der Waals surface area contributed by atoms with Crippen LogP contribution in [-0.4, -0.2) is 29.9 Å². The van der Waals surface area contributed by atoms with Crippen LogP contribution in [0.15, 0.2) is 0 Å². The van der Waals surface area contributed by atoms with Crippen molar-refractivity contribution >= 4 is 18.7 Å². The molecule has 0 fully saturated rings. The van der Waals surface area contributed by atoms with E-state index in [-0.39, 0.29) is 19.3 Å². The van der Waals surface area contributed by atoms with Crippen LogP contribution in [0.1, 0.15) is 12.8 Å². The maximum absolute atomic E-state index is 10.5. The van der Waals surface area contributed by atoms with E-state index in [1.54, 1.807) is 0 Å². The Balaban J connectivity index is 3.53. The summed E-state index contributed by atoms with van der Waals surface area (Å²) >= 11 is 0. The minimum Gasteiger partial charge on any atom is -0.392 e. The predicted molar refractivity (Wildman–Crippen MR) is 34.5 cm³/mol. The molecule has 6 heteroatoms. The molecule has 0 heterocycles. The van der Waals surface area contributed by atoms with Crippen molar-refractivity contribution < 1.29 is 29.3 Å². The predicted octanol–water partition coefficient (Wildman–Crippen LogP) is -1.04. The number of rotatable bonds is 6. The van der Waals surface area contributed by atoms with Gasteiger partial charge in [-0.15, -0.1) is 0 Å². The first-order chi connectivity index (χ1) is 5.70. The van der Waals surface area contributed by atoms with Crippen LogP contribution in [0.5, 0.6) is 0 Å². The minimum absolute atomic E-state index is 0.0655. The first kappa shape index (κ1) is 10.6.